The first kappa shape index (κ1) is 17.0. The number of aryl methyl sites for hydroxylation is 1. The Labute approximate surface area is 140 Å². The van der Waals surface area contributed by atoms with Crippen molar-refractivity contribution >= 4 is 17.2 Å². The summed E-state index contributed by atoms with van der Waals surface area (Å²) in [7, 11) is 0. The third-order valence-corrected chi connectivity index (χ3v) is 4.34. The lowest BCUT2D eigenvalue weighted by molar-refractivity contribution is -0.121. The molecule has 0 saturated heterocycles. The first-order valence-corrected chi connectivity index (χ1v) is 8.39. The van der Waals surface area contributed by atoms with Crippen LogP contribution in [0.15, 0.2) is 29.6 Å². The van der Waals surface area contributed by atoms with E-state index in [1.165, 1.54) is 0 Å². The molecule has 0 spiro atoms. The molecule has 0 aliphatic carbocycles. The number of nitrogens with one attached hydrogen (secondary N) is 1. The summed E-state index contributed by atoms with van der Waals surface area (Å²) in [5.74, 6) is 3.09. The van der Waals surface area contributed by atoms with Crippen molar-refractivity contribution in [1.29, 1.82) is 0 Å². The third-order valence-electron chi connectivity index (χ3n) is 3.30. The van der Waals surface area contributed by atoms with Crippen LogP contribution < -0.4 is 10.1 Å². The fraction of sp³-hybridized carbons (Fsp3) is 0.333. The van der Waals surface area contributed by atoms with Crippen LogP contribution in [0, 0.1) is 12.3 Å². The Kier molecular flexibility index (Phi) is 6.19. The average molecular weight is 328 g/mol. The molecule has 0 saturated carbocycles. The van der Waals surface area contributed by atoms with Crippen LogP contribution in [0.5, 0.6) is 5.75 Å². The fourth-order valence-corrected chi connectivity index (χ4v) is 2.88. The Bertz CT molecular complexity index is 703. The molecule has 1 N–H and O–H groups in total. The number of carbonyl (C=O) groups is 1. The van der Waals surface area contributed by atoms with Crippen LogP contribution in [0.4, 0.5) is 0 Å². The Morgan fingerprint density at radius 1 is 1.52 bits per heavy atom. The third kappa shape index (κ3) is 5.11. The van der Waals surface area contributed by atoms with Crippen molar-refractivity contribution < 1.29 is 9.53 Å². The van der Waals surface area contributed by atoms with Crippen LogP contribution in [-0.4, -0.2) is 17.5 Å². The number of rotatable bonds is 7. The molecule has 0 aliphatic rings. The highest BCUT2D eigenvalue weighted by atomic mass is 32.1. The molecular formula is C18H20N2O2S. The quantitative estimate of drug-likeness (QED) is 0.795. The van der Waals surface area contributed by atoms with Gasteiger partial charge in [0.25, 0.3) is 0 Å². The van der Waals surface area contributed by atoms with Gasteiger partial charge in [0.1, 0.15) is 12.4 Å². The van der Waals surface area contributed by atoms with Gasteiger partial charge in [-0.3, -0.25) is 4.79 Å². The minimum Gasteiger partial charge on any atom is -0.481 e. The second-order valence-electron chi connectivity index (χ2n) is 5.12. The molecule has 120 valence electrons. The van der Waals surface area contributed by atoms with Crippen molar-refractivity contribution in [2.45, 2.75) is 32.7 Å². The van der Waals surface area contributed by atoms with Gasteiger partial charge in [0.15, 0.2) is 0 Å². The van der Waals surface area contributed by atoms with E-state index in [1.807, 2.05) is 36.6 Å². The first-order valence-electron chi connectivity index (χ1n) is 7.51. The molecule has 5 heteroatoms. The predicted molar refractivity (Wildman–Crippen MR) is 92.5 cm³/mol. The number of hydrogen-bond acceptors (Lipinski definition) is 4. The molecule has 0 fully saturated rings. The lowest BCUT2D eigenvalue weighted by Crippen LogP contribution is -2.28. The SMILES string of the molecule is C#CCOc1cccc([C@H](C)NC(=O)Cc2csc(CC)n2)c1. The second kappa shape index (κ2) is 8.35. The molecule has 1 heterocycles. The van der Waals surface area contributed by atoms with E-state index in [1.54, 1.807) is 11.3 Å². The lowest BCUT2D eigenvalue weighted by atomic mass is 10.1. The number of amides is 1. The number of thiazole rings is 1. The maximum absolute atomic E-state index is 12.1. The zero-order valence-corrected chi connectivity index (χ0v) is 14.2. The smallest absolute Gasteiger partial charge is 0.226 e. The number of benzene rings is 1. The van der Waals surface area contributed by atoms with Gasteiger partial charge in [-0.1, -0.05) is 25.0 Å². The zero-order chi connectivity index (χ0) is 16.7. The van der Waals surface area contributed by atoms with Gasteiger partial charge in [0.2, 0.25) is 5.91 Å². The highest BCUT2D eigenvalue weighted by Crippen LogP contribution is 2.19. The number of nitrogens with zero attached hydrogens (tertiary/aromatic N) is 1. The van der Waals surface area contributed by atoms with E-state index in [2.05, 4.69) is 23.1 Å². The van der Waals surface area contributed by atoms with Crippen molar-refractivity contribution in [1.82, 2.24) is 10.3 Å². The Morgan fingerprint density at radius 3 is 3.04 bits per heavy atom. The van der Waals surface area contributed by atoms with E-state index in [9.17, 15) is 4.79 Å². The van der Waals surface area contributed by atoms with Gasteiger partial charge in [-0.25, -0.2) is 4.98 Å². The van der Waals surface area contributed by atoms with Gasteiger partial charge in [-0.05, 0) is 31.0 Å². The molecule has 1 aromatic carbocycles. The summed E-state index contributed by atoms with van der Waals surface area (Å²) in [6, 6.07) is 7.46. The Morgan fingerprint density at radius 2 is 2.35 bits per heavy atom. The van der Waals surface area contributed by atoms with Crippen molar-refractivity contribution in [3.05, 3.63) is 45.9 Å². The lowest BCUT2D eigenvalue weighted by Gasteiger charge is -2.15. The molecule has 1 aromatic heterocycles. The van der Waals surface area contributed by atoms with Crippen LogP contribution in [0.2, 0.25) is 0 Å². The monoisotopic (exact) mass is 328 g/mol. The van der Waals surface area contributed by atoms with Gasteiger partial charge in [0, 0.05) is 5.38 Å². The molecule has 2 rings (SSSR count). The van der Waals surface area contributed by atoms with E-state index in [4.69, 9.17) is 11.2 Å². The highest BCUT2D eigenvalue weighted by Gasteiger charge is 2.12. The van der Waals surface area contributed by atoms with Crippen LogP contribution in [-0.2, 0) is 17.6 Å². The molecule has 23 heavy (non-hydrogen) atoms. The van der Waals surface area contributed by atoms with Gasteiger partial charge >= 0.3 is 0 Å². The normalized spacial score (nSPS) is 11.5. The molecule has 0 bridgehead atoms. The topological polar surface area (TPSA) is 51.2 Å². The molecule has 4 nitrogen and oxygen atoms in total. The van der Waals surface area contributed by atoms with E-state index in [0.717, 1.165) is 22.7 Å². The summed E-state index contributed by atoms with van der Waals surface area (Å²) in [6.07, 6.45) is 6.38. The van der Waals surface area contributed by atoms with Crippen molar-refractivity contribution in [3.63, 3.8) is 0 Å². The fourth-order valence-electron chi connectivity index (χ4n) is 2.13. The number of hydrogen-bond donors (Lipinski definition) is 1. The molecule has 0 radical (unpaired) electrons. The minimum absolute atomic E-state index is 0.0413. The Balaban J connectivity index is 1.94. The van der Waals surface area contributed by atoms with Gasteiger partial charge in [-0.2, -0.15) is 0 Å². The standard InChI is InChI=1S/C18H20N2O2S/c1-4-9-22-16-8-6-7-14(10-16)13(3)19-17(21)11-15-12-23-18(5-2)20-15/h1,6-8,10,12-13H,5,9,11H2,2-3H3,(H,19,21)/t13-/m0/s1. The van der Waals surface area contributed by atoms with E-state index in [-0.39, 0.29) is 18.6 Å². The molecule has 1 amide bonds. The minimum atomic E-state index is -0.110. The maximum Gasteiger partial charge on any atom is 0.226 e. The Hall–Kier alpha value is -2.32. The number of carbonyl (C=O) groups excluding carboxylic acids is 1. The first-order chi connectivity index (χ1) is 11.1. The predicted octanol–water partition coefficient (Wildman–Crippen LogP) is 3.14. The highest BCUT2D eigenvalue weighted by molar-refractivity contribution is 7.09. The summed E-state index contributed by atoms with van der Waals surface area (Å²) in [4.78, 5) is 16.6. The van der Waals surface area contributed by atoms with Crippen LogP contribution >= 0.6 is 11.3 Å². The molecule has 2 aromatic rings. The number of aromatic nitrogens is 1. The summed E-state index contributed by atoms with van der Waals surface area (Å²) in [6.45, 7) is 4.23. The van der Waals surface area contributed by atoms with Gasteiger partial charge in [-0.15, -0.1) is 17.8 Å². The van der Waals surface area contributed by atoms with Crippen molar-refractivity contribution in [3.8, 4) is 18.1 Å². The summed E-state index contributed by atoms with van der Waals surface area (Å²) in [5, 5.41) is 5.98. The van der Waals surface area contributed by atoms with Crippen LogP contribution in [0.3, 0.4) is 0 Å². The average Bonchev–Trinajstić information content (AvgIpc) is 3.00. The van der Waals surface area contributed by atoms with Crippen LogP contribution in [0.1, 0.15) is 36.2 Å². The van der Waals surface area contributed by atoms with Crippen molar-refractivity contribution in [2.24, 2.45) is 0 Å². The zero-order valence-electron chi connectivity index (χ0n) is 13.3. The molecular weight excluding hydrogens is 308 g/mol. The summed E-state index contributed by atoms with van der Waals surface area (Å²) < 4.78 is 5.40. The molecule has 0 unspecified atom stereocenters. The van der Waals surface area contributed by atoms with Crippen LogP contribution in [0.25, 0.3) is 0 Å². The van der Waals surface area contributed by atoms with Gasteiger partial charge in [0.05, 0.1) is 23.2 Å². The van der Waals surface area contributed by atoms with Gasteiger partial charge < -0.3 is 10.1 Å². The molecule has 0 aliphatic heterocycles. The van der Waals surface area contributed by atoms with Crippen molar-refractivity contribution in [2.75, 3.05) is 6.61 Å². The second-order valence-corrected chi connectivity index (χ2v) is 6.06. The summed E-state index contributed by atoms with van der Waals surface area (Å²) >= 11 is 1.59. The maximum atomic E-state index is 12.1. The van der Waals surface area contributed by atoms with E-state index in [0.29, 0.717) is 12.2 Å². The number of ether oxygens (including phenoxy) is 1. The number of terminal acetylenes is 1. The van der Waals surface area contributed by atoms with E-state index >= 15 is 0 Å². The summed E-state index contributed by atoms with van der Waals surface area (Å²) in [5.41, 5.74) is 1.79. The largest absolute Gasteiger partial charge is 0.481 e. The molecule has 1 atom stereocenters. The van der Waals surface area contributed by atoms with E-state index < -0.39 is 0 Å².